The molecule has 0 aliphatic carbocycles. The number of amides is 1. The Balaban J connectivity index is 1.55. The Kier molecular flexibility index (Phi) is 4.24. The molecule has 2 heterocycles. The number of carbonyl (C=O) groups excluding carboxylic acids is 1. The highest BCUT2D eigenvalue weighted by atomic mass is 35.5. The predicted molar refractivity (Wildman–Crippen MR) is 100 cm³/mol. The summed E-state index contributed by atoms with van der Waals surface area (Å²) in [5.74, 6) is 1.02. The van der Waals surface area contributed by atoms with Gasteiger partial charge >= 0.3 is 0 Å². The summed E-state index contributed by atoms with van der Waals surface area (Å²) in [5.41, 5.74) is 3.84. The van der Waals surface area contributed by atoms with Gasteiger partial charge < -0.3 is 9.42 Å². The summed E-state index contributed by atoms with van der Waals surface area (Å²) in [6.45, 7) is 4.49. The van der Waals surface area contributed by atoms with Crippen LogP contribution in [0.25, 0.3) is 11.5 Å². The van der Waals surface area contributed by atoms with E-state index in [2.05, 4.69) is 10.1 Å². The number of halogens is 1. The molecule has 1 aliphatic rings. The van der Waals surface area contributed by atoms with Crippen molar-refractivity contribution >= 4 is 23.2 Å². The molecule has 1 aliphatic heterocycles. The van der Waals surface area contributed by atoms with Crippen LogP contribution in [0, 0.1) is 13.8 Å². The van der Waals surface area contributed by atoms with E-state index in [0.29, 0.717) is 29.7 Å². The van der Waals surface area contributed by atoms with E-state index in [1.807, 2.05) is 56.3 Å². The van der Waals surface area contributed by atoms with E-state index in [4.69, 9.17) is 16.1 Å². The minimum Gasteiger partial charge on any atom is -0.334 e. The van der Waals surface area contributed by atoms with Gasteiger partial charge in [0.2, 0.25) is 5.91 Å². The van der Waals surface area contributed by atoms with Gasteiger partial charge in [0.1, 0.15) is 0 Å². The lowest BCUT2D eigenvalue weighted by Gasteiger charge is -2.17. The molecule has 1 unspecified atom stereocenters. The molecule has 5 nitrogen and oxygen atoms in total. The zero-order chi connectivity index (χ0) is 18.3. The van der Waals surface area contributed by atoms with Gasteiger partial charge in [-0.2, -0.15) is 4.98 Å². The lowest BCUT2D eigenvalue weighted by molar-refractivity contribution is -0.117. The molecule has 0 bridgehead atoms. The molecule has 0 spiro atoms. The van der Waals surface area contributed by atoms with Crippen LogP contribution < -0.4 is 4.90 Å². The standard InChI is InChI=1S/C20H18ClN3O2/c1-12-3-5-14(6-4-12)20-22-19(23-26-20)15-10-18(25)24(11-15)16-7-8-17(21)13(2)9-16/h3-9,15H,10-11H2,1-2H3. The minimum absolute atomic E-state index is 0.0541. The molecule has 1 amide bonds. The maximum atomic E-state index is 12.5. The van der Waals surface area contributed by atoms with Gasteiger partial charge in [-0.05, 0) is 49.7 Å². The third kappa shape index (κ3) is 3.10. The highest BCUT2D eigenvalue weighted by Gasteiger charge is 2.34. The first kappa shape index (κ1) is 16.8. The molecular weight excluding hydrogens is 350 g/mol. The van der Waals surface area contributed by atoms with Crippen LogP contribution in [0.5, 0.6) is 0 Å². The van der Waals surface area contributed by atoms with Gasteiger partial charge in [-0.25, -0.2) is 0 Å². The average Bonchev–Trinajstić information content (AvgIpc) is 3.25. The summed E-state index contributed by atoms with van der Waals surface area (Å²) in [7, 11) is 0. The number of hydrogen-bond acceptors (Lipinski definition) is 4. The molecule has 1 fully saturated rings. The van der Waals surface area contributed by atoms with Gasteiger partial charge in [0.05, 0.1) is 0 Å². The highest BCUT2D eigenvalue weighted by Crippen LogP contribution is 2.33. The molecule has 3 aromatic rings. The number of nitrogens with zero attached hydrogens (tertiary/aromatic N) is 3. The molecule has 0 saturated carbocycles. The first-order valence-electron chi connectivity index (χ1n) is 8.48. The molecule has 0 N–H and O–H groups in total. The van der Waals surface area contributed by atoms with Crippen LogP contribution in [-0.4, -0.2) is 22.6 Å². The summed E-state index contributed by atoms with van der Waals surface area (Å²) >= 11 is 6.08. The van der Waals surface area contributed by atoms with Crippen molar-refractivity contribution in [2.45, 2.75) is 26.2 Å². The Morgan fingerprint density at radius 2 is 1.92 bits per heavy atom. The molecular formula is C20H18ClN3O2. The maximum Gasteiger partial charge on any atom is 0.257 e. The minimum atomic E-state index is -0.0820. The lowest BCUT2D eigenvalue weighted by Crippen LogP contribution is -2.24. The summed E-state index contributed by atoms with van der Waals surface area (Å²) in [6, 6.07) is 13.5. The molecule has 1 aromatic heterocycles. The monoisotopic (exact) mass is 367 g/mol. The summed E-state index contributed by atoms with van der Waals surface area (Å²) in [5, 5.41) is 4.80. The van der Waals surface area contributed by atoms with E-state index in [0.717, 1.165) is 16.8 Å². The van der Waals surface area contributed by atoms with E-state index in [1.165, 1.54) is 5.56 Å². The van der Waals surface area contributed by atoms with Crippen LogP contribution >= 0.6 is 11.6 Å². The van der Waals surface area contributed by atoms with Gasteiger partial charge in [-0.15, -0.1) is 0 Å². The number of anilines is 1. The third-order valence-electron chi connectivity index (χ3n) is 4.68. The van der Waals surface area contributed by atoms with Crippen molar-refractivity contribution in [3.63, 3.8) is 0 Å². The SMILES string of the molecule is Cc1ccc(-c2nc(C3CC(=O)N(c4ccc(Cl)c(C)c4)C3)no2)cc1. The van der Waals surface area contributed by atoms with Crippen molar-refractivity contribution in [2.24, 2.45) is 0 Å². The summed E-state index contributed by atoms with van der Waals surface area (Å²) < 4.78 is 5.41. The average molecular weight is 368 g/mol. The molecule has 132 valence electrons. The second kappa shape index (κ2) is 6.57. The Morgan fingerprint density at radius 3 is 2.65 bits per heavy atom. The zero-order valence-electron chi connectivity index (χ0n) is 14.6. The zero-order valence-corrected chi connectivity index (χ0v) is 15.3. The Labute approximate surface area is 156 Å². The normalized spacial score (nSPS) is 17.1. The fraction of sp³-hybridized carbons (Fsp3) is 0.250. The molecule has 4 rings (SSSR count). The third-order valence-corrected chi connectivity index (χ3v) is 5.11. The number of benzene rings is 2. The quantitative estimate of drug-likeness (QED) is 0.682. The second-order valence-electron chi connectivity index (χ2n) is 6.66. The summed E-state index contributed by atoms with van der Waals surface area (Å²) in [4.78, 5) is 18.7. The van der Waals surface area contributed by atoms with Crippen molar-refractivity contribution in [3.05, 3.63) is 64.4 Å². The van der Waals surface area contributed by atoms with E-state index in [-0.39, 0.29) is 11.8 Å². The largest absolute Gasteiger partial charge is 0.334 e. The van der Waals surface area contributed by atoms with Crippen molar-refractivity contribution in [1.82, 2.24) is 10.1 Å². The number of carbonyl (C=O) groups is 1. The number of hydrogen-bond donors (Lipinski definition) is 0. The first-order chi connectivity index (χ1) is 12.5. The highest BCUT2D eigenvalue weighted by molar-refractivity contribution is 6.31. The van der Waals surface area contributed by atoms with Gasteiger partial charge in [-0.1, -0.05) is 34.5 Å². The predicted octanol–water partition coefficient (Wildman–Crippen LogP) is 4.53. The van der Waals surface area contributed by atoms with Crippen molar-refractivity contribution in [3.8, 4) is 11.5 Å². The summed E-state index contributed by atoms with van der Waals surface area (Å²) in [6.07, 6.45) is 0.370. The fourth-order valence-corrected chi connectivity index (χ4v) is 3.26. The second-order valence-corrected chi connectivity index (χ2v) is 7.07. The molecule has 6 heteroatoms. The molecule has 1 saturated heterocycles. The Morgan fingerprint density at radius 1 is 1.15 bits per heavy atom. The van der Waals surface area contributed by atoms with Crippen LogP contribution in [0.15, 0.2) is 47.0 Å². The fourth-order valence-electron chi connectivity index (χ4n) is 3.14. The van der Waals surface area contributed by atoms with Crippen LogP contribution in [0.1, 0.15) is 29.3 Å². The van der Waals surface area contributed by atoms with Crippen molar-refractivity contribution < 1.29 is 9.32 Å². The van der Waals surface area contributed by atoms with E-state index < -0.39 is 0 Å². The van der Waals surface area contributed by atoms with Crippen molar-refractivity contribution in [2.75, 3.05) is 11.4 Å². The maximum absolute atomic E-state index is 12.5. The van der Waals surface area contributed by atoms with Crippen LogP contribution in [0.2, 0.25) is 5.02 Å². The first-order valence-corrected chi connectivity index (χ1v) is 8.86. The number of rotatable bonds is 3. The number of aromatic nitrogens is 2. The van der Waals surface area contributed by atoms with E-state index in [1.54, 1.807) is 4.90 Å². The Bertz CT molecular complexity index is 965. The molecule has 0 radical (unpaired) electrons. The molecule has 26 heavy (non-hydrogen) atoms. The topological polar surface area (TPSA) is 59.2 Å². The number of aryl methyl sites for hydroxylation is 2. The molecule has 1 atom stereocenters. The van der Waals surface area contributed by atoms with Gasteiger partial charge in [0, 0.05) is 35.2 Å². The van der Waals surface area contributed by atoms with Crippen molar-refractivity contribution in [1.29, 1.82) is 0 Å². The van der Waals surface area contributed by atoms with E-state index >= 15 is 0 Å². The van der Waals surface area contributed by atoms with Gasteiger partial charge in [0.25, 0.3) is 5.89 Å². The van der Waals surface area contributed by atoms with Crippen LogP contribution in [0.4, 0.5) is 5.69 Å². The van der Waals surface area contributed by atoms with E-state index in [9.17, 15) is 4.79 Å². The van der Waals surface area contributed by atoms with Gasteiger partial charge in [0.15, 0.2) is 5.82 Å². The van der Waals surface area contributed by atoms with Crippen LogP contribution in [-0.2, 0) is 4.79 Å². The molecule has 2 aromatic carbocycles. The van der Waals surface area contributed by atoms with Gasteiger partial charge in [-0.3, -0.25) is 4.79 Å². The van der Waals surface area contributed by atoms with Crippen LogP contribution in [0.3, 0.4) is 0 Å². The lowest BCUT2D eigenvalue weighted by atomic mass is 10.1. The smallest absolute Gasteiger partial charge is 0.257 e. The Hall–Kier alpha value is -2.66.